The Balaban J connectivity index is 0.000000491. The molecule has 2 rings (SSSR count). The Morgan fingerprint density at radius 2 is 1.90 bits per heavy atom. The quantitative estimate of drug-likeness (QED) is 0.391. The van der Waals surface area contributed by atoms with Crippen molar-refractivity contribution >= 4 is 21.7 Å². The molecule has 21 heavy (non-hydrogen) atoms. The van der Waals surface area contributed by atoms with Crippen molar-refractivity contribution < 1.29 is 36.2 Å². The first-order chi connectivity index (χ1) is 9.90. The monoisotopic (exact) mass is 467 g/mol. The van der Waals surface area contributed by atoms with E-state index >= 15 is 0 Å². The number of benzene rings is 1. The summed E-state index contributed by atoms with van der Waals surface area (Å²) in [5.74, 6) is 0.175. The lowest BCUT2D eigenvalue weighted by Crippen LogP contribution is -3.98. The molecule has 0 fully saturated rings. The summed E-state index contributed by atoms with van der Waals surface area (Å²) in [4.78, 5) is 14.1. The lowest BCUT2D eigenvalue weighted by molar-refractivity contribution is -1.63. The smallest absolute Gasteiger partial charge is 0.396 e. The third-order valence-electron chi connectivity index (χ3n) is 2.85. The van der Waals surface area contributed by atoms with Crippen molar-refractivity contribution in [1.29, 1.82) is 0 Å². The number of hydrogen-bond acceptors (Lipinski definition) is 5. The summed E-state index contributed by atoms with van der Waals surface area (Å²) in [7, 11) is 1.99. The van der Waals surface area contributed by atoms with E-state index < -0.39 is 21.1 Å². The molecule has 1 aromatic carbocycles. The first-order valence-electron chi connectivity index (χ1n) is 6.00. The molecule has 0 bridgehead atoms. The Bertz CT molecular complexity index is 513. The number of carbonyl (C=O) groups excluding carboxylic acids is 1. The molecule has 1 N–H and O–H groups in total. The number of allylic oxidation sites excluding steroid dienone is 2. The molecule has 1 heterocycles. The van der Waals surface area contributed by atoms with Crippen molar-refractivity contribution in [1.82, 2.24) is 4.90 Å². The minimum atomic E-state index is -3.76. The average molecular weight is 468 g/mol. The molecule has 0 saturated heterocycles. The molecule has 0 amide bonds. The van der Waals surface area contributed by atoms with Gasteiger partial charge in [0, 0.05) is 23.5 Å². The average Bonchev–Trinajstić information content (AvgIpc) is 2.41. The molecular formula is C14H15BrINO4. The zero-order chi connectivity index (χ0) is 15.8. The van der Waals surface area contributed by atoms with Gasteiger partial charge in [-0.25, -0.2) is 0 Å². The fourth-order valence-corrected chi connectivity index (χ4v) is 2.04. The van der Waals surface area contributed by atoms with Crippen LogP contribution in [0.3, 0.4) is 0 Å². The van der Waals surface area contributed by atoms with Gasteiger partial charge in [0.25, 0.3) is 0 Å². The van der Waals surface area contributed by atoms with Gasteiger partial charge < -0.3 is 11.8 Å². The van der Waals surface area contributed by atoms with Crippen LogP contribution in [-0.2, 0) is 0 Å². The van der Waals surface area contributed by atoms with E-state index in [1.165, 1.54) is 0 Å². The van der Waals surface area contributed by atoms with Crippen molar-refractivity contribution in [3.05, 3.63) is 58.7 Å². The summed E-state index contributed by atoms with van der Waals surface area (Å²) >= 11 is -0.401. The lowest BCUT2D eigenvalue weighted by atomic mass is 10.0. The minimum Gasteiger partial charge on any atom is -0.396 e. The van der Waals surface area contributed by atoms with Crippen LogP contribution < -0.4 is 27.9 Å². The van der Waals surface area contributed by atoms with Crippen LogP contribution in [0.1, 0.15) is 16.8 Å². The minimum absolute atomic E-state index is 0.163. The van der Waals surface area contributed by atoms with Gasteiger partial charge >= 0.3 is 21.1 Å². The number of likely N-dealkylation sites (N-methyl/N-ethyl adjacent to an activating group) is 1. The zero-order valence-electron chi connectivity index (χ0n) is 11.3. The molecule has 0 spiro atoms. The molecule has 0 aromatic heterocycles. The van der Waals surface area contributed by atoms with Gasteiger partial charge in [0.1, 0.15) is 0 Å². The maximum atomic E-state index is 12.1. The molecular weight excluding hydrogens is 453 g/mol. The lowest BCUT2D eigenvalue weighted by Gasteiger charge is -2.25. The zero-order valence-corrected chi connectivity index (χ0v) is 15.0. The number of Topliss-reactive ketones (excluding diaryl/α,β-unsaturated/α-hetero) is 1. The standard InChI is InChI=1S/C14H14BrNO.HIO3/c1-16-9-3-2-4-13(16)10-14(17)11-5-7-12(15)8-6-11;2-1(3)4/h2-9,13H,10H2,1H3;2H. The highest BCUT2D eigenvalue weighted by molar-refractivity contribution is 9.10. The highest BCUT2D eigenvalue weighted by Gasteiger charge is 2.16. The number of carbonyl (C=O) groups is 1. The van der Waals surface area contributed by atoms with Crippen LogP contribution in [0.5, 0.6) is 0 Å². The van der Waals surface area contributed by atoms with Gasteiger partial charge in [-0.05, 0) is 27.8 Å². The van der Waals surface area contributed by atoms with Gasteiger partial charge in [0.15, 0.2) is 5.78 Å². The highest BCUT2D eigenvalue weighted by Crippen LogP contribution is 2.16. The van der Waals surface area contributed by atoms with Gasteiger partial charge in [-0.15, -0.1) is 0 Å². The summed E-state index contributed by atoms with van der Waals surface area (Å²) in [6.45, 7) is 0. The summed E-state index contributed by atoms with van der Waals surface area (Å²) in [5, 5.41) is 0. The molecule has 1 unspecified atom stereocenters. The molecule has 1 aliphatic rings. The third-order valence-corrected chi connectivity index (χ3v) is 3.38. The summed E-state index contributed by atoms with van der Waals surface area (Å²) in [6.07, 6.45) is 8.51. The van der Waals surface area contributed by atoms with E-state index in [1.807, 2.05) is 49.7 Å². The van der Waals surface area contributed by atoms with Gasteiger partial charge in [-0.2, -0.15) is 0 Å². The largest absolute Gasteiger partial charge is 0.503 e. The Labute approximate surface area is 140 Å². The molecule has 1 aromatic rings. The molecule has 1 atom stereocenters. The second-order valence-corrected chi connectivity index (χ2v) is 6.36. The third kappa shape index (κ3) is 7.18. The summed E-state index contributed by atoms with van der Waals surface area (Å²) in [6, 6.07) is 7.67. The molecule has 0 aliphatic carbocycles. The second-order valence-electron chi connectivity index (χ2n) is 4.29. The van der Waals surface area contributed by atoms with E-state index in [-0.39, 0.29) is 11.8 Å². The van der Waals surface area contributed by atoms with Crippen LogP contribution in [0.4, 0.5) is 0 Å². The van der Waals surface area contributed by atoms with Crippen LogP contribution in [-0.4, -0.2) is 27.2 Å². The second kappa shape index (κ2) is 9.31. The van der Waals surface area contributed by atoms with Crippen LogP contribution >= 0.6 is 15.9 Å². The first-order valence-corrected chi connectivity index (χ1v) is 9.52. The number of halogens is 2. The fraction of sp³-hybridized carbons (Fsp3) is 0.214. The fourth-order valence-electron chi connectivity index (χ4n) is 1.78. The molecule has 1 aliphatic heterocycles. The van der Waals surface area contributed by atoms with Gasteiger partial charge in [0.2, 0.25) is 0 Å². The SMILES string of the molecule is CN1C=CC=CC1CC(=O)c1ccc(Br)cc1.[O-][I+2]([O-])O. The Kier molecular flexibility index (Phi) is 8.12. The predicted molar refractivity (Wildman–Crippen MR) is 75.1 cm³/mol. The van der Waals surface area contributed by atoms with E-state index in [4.69, 9.17) is 10.3 Å². The number of nitrogens with zero attached hydrogens (tertiary/aromatic N) is 1. The highest BCUT2D eigenvalue weighted by atomic mass is 127. The maximum absolute atomic E-state index is 12.1. The van der Waals surface area contributed by atoms with Crippen LogP contribution in [0.25, 0.3) is 0 Å². The van der Waals surface area contributed by atoms with Crippen LogP contribution in [0.15, 0.2) is 53.2 Å². The van der Waals surface area contributed by atoms with Gasteiger partial charge in [-0.1, -0.05) is 40.2 Å². The molecule has 5 nitrogen and oxygen atoms in total. The number of ketones is 1. The van der Waals surface area contributed by atoms with E-state index in [9.17, 15) is 4.79 Å². The van der Waals surface area contributed by atoms with Crippen molar-refractivity contribution in [2.45, 2.75) is 12.5 Å². The van der Waals surface area contributed by atoms with Crippen molar-refractivity contribution in [2.24, 2.45) is 0 Å². The predicted octanol–water partition coefficient (Wildman–Crippen LogP) is -2.53. The normalized spacial score (nSPS) is 16.7. The first kappa shape index (κ1) is 18.3. The summed E-state index contributed by atoms with van der Waals surface area (Å²) < 4.78 is 25.5. The van der Waals surface area contributed by atoms with E-state index in [0.29, 0.717) is 6.42 Å². The van der Waals surface area contributed by atoms with Crippen LogP contribution in [0, 0.1) is 0 Å². The Morgan fingerprint density at radius 1 is 1.33 bits per heavy atom. The topological polar surface area (TPSA) is 86.7 Å². The molecule has 0 radical (unpaired) electrons. The Morgan fingerprint density at radius 3 is 2.43 bits per heavy atom. The van der Waals surface area contributed by atoms with Crippen molar-refractivity contribution in [2.75, 3.05) is 7.05 Å². The van der Waals surface area contributed by atoms with Crippen molar-refractivity contribution in [3.8, 4) is 0 Å². The molecule has 114 valence electrons. The van der Waals surface area contributed by atoms with Gasteiger partial charge in [0.05, 0.1) is 6.04 Å². The van der Waals surface area contributed by atoms with Crippen LogP contribution in [0.2, 0.25) is 0 Å². The van der Waals surface area contributed by atoms with E-state index in [1.54, 1.807) is 0 Å². The number of hydrogen-bond donors (Lipinski definition) is 1. The maximum Gasteiger partial charge on any atom is 0.503 e. The van der Waals surface area contributed by atoms with E-state index in [2.05, 4.69) is 26.9 Å². The number of rotatable bonds is 3. The van der Waals surface area contributed by atoms with E-state index in [0.717, 1.165) is 10.0 Å². The summed E-state index contributed by atoms with van der Waals surface area (Å²) in [5.41, 5.74) is 0.768. The molecule has 7 heteroatoms. The molecule has 0 saturated carbocycles. The Hall–Kier alpha value is -0.740. The van der Waals surface area contributed by atoms with Crippen molar-refractivity contribution in [3.63, 3.8) is 0 Å². The van der Waals surface area contributed by atoms with Gasteiger partial charge in [-0.3, -0.25) is 4.79 Å².